The van der Waals surface area contributed by atoms with E-state index in [4.69, 9.17) is 5.73 Å². The molecule has 18 heavy (non-hydrogen) atoms. The van der Waals surface area contributed by atoms with Gasteiger partial charge in [-0.2, -0.15) is 8.78 Å². The van der Waals surface area contributed by atoms with E-state index in [0.29, 0.717) is 22.3 Å². The van der Waals surface area contributed by atoms with Gasteiger partial charge in [0.15, 0.2) is 0 Å². The third kappa shape index (κ3) is 4.62. The van der Waals surface area contributed by atoms with E-state index in [1.54, 1.807) is 18.2 Å². The number of rotatable bonds is 5. The van der Waals surface area contributed by atoms with Gasteiger partial charge in [0.05, 0.1) is 6.04 Å². The zero-order chi connectivity index (χ0) is 13.7. The predicted octanol–water partition coefficient (Wildman–Crippen LogP) is 2.92. The van der Waals surface area contributed by atoms with E-state index in [9.17, 15) is 13.6 Å². The fraction of sp³-hybridized carbons (Fsp3) is 0.417. The lowest BCUT2D eigenvalue weighted by molar-refractivity contribution is -0.118. The van der Waals surface area contributed by atoms with Gasteiger partial charge >= 0.3 is 0 Å². The average molecular weight is 274 g/mol. The van der Waals surface area contributed by atoms with Crippen LogP contribution in [0.25, 0.3) is 0 Å². The van der Waals surface area contributed by atoms with E-state index in [1.165, 1.54) is 6.07 Å². The third-order valence-corrected chi connectivity index (χ3v) is 3.05. The molecule has 1 rings (SSSR count). The summed E-state index contributed by atoms with van der Waals surface area (Å²) in [7, 11) is 0. The van der Waals surface area contributed by atoms with E-state index < -0.39 is 11.8 Å². The molecular formula is C12H16F2N2OS. The number of nitrogens with one attached hydrogen (secondary N) is 1. The van der Waals surface area contributed by atoms with Gasteiger partial charge in [0.2, 0.25) is 5.91 Å². The molecule has 0 unspecified atom stereocenters. The molecule has 0 radical (unpaired) electrons. The molecule has 0 aliphatic rings. The monoisotopic (exact) mass is 274 g/mol. The Morgan fingerprint density at radius 1 is 1.39 bits per heavy atom. The Hall–Kier alpha value is -1.14. The standard InChI is InChI=1S/C12H16F2N2OS/c1-7(2)10(15)11(17)16-8-4-3-5-9(6-8)18-12(13)14/h3-7,10,12H,15H2,1-2H3,(H,16,17)/t10-/m0/s1. The first-order chi connectivity index (χ1) is 8.40. The number of amides is 1. The van der Waals surface area contributed by atoms with Crippen LogP contribution in [0.15, 0.2) is 29.2 Å². The molecule has 0 aliphatic carbocycles. The van der Waals surface area contributed by atoms with Gasteiger partial charge in [-0.05, 0) is 24.1 Å². The smallest absolute Gasteiger partial charge is 0.288 e. The molecule has 1 aromatic rings. The Morgan fingerprint density at radius 2 is 2.06 bits per heavy atom. The summed E-state index contributed by atoms with van der Waals surface area (Å²) in [4.78, 5) is 12.1. The molecule has 0 aliphatic heterocycles. The molecule has 1 amide bonds. The Morgan fingerprint density at radius 3 is 2.61 bits per heavy atom. The molecule has 6 heteroatoms. The van der Waals surface area contributed by atoms with Crippen molar-refractivity contribution >= 4 is 23.4 Å². The predicted molar refractivity (Wildman–Crippen MR) is 69.7 cm³/mol. The van der Waals surface area contributed by atoms with Crippen LogP contribution in [0.1, 0.15) is 13.8 Å². The first-order valence-corrected chi connectivity index (χ1v) is 6.39. The van der Waals surface area contributed by atoms with Crippen LogP contribution in [-0.4, -0.2) is 17.7 Å². The summed E-state index contributed by atoms with van der Waals surface area (Å²) >= 11 is 0.438. The largest absolute Gasteiger partial charge is 0.325 e. The van der Waals surface area contributed by atoms with Crippen LogP contribution in [-0.2, 0) is 4.79 Å². The summed E-state index contributed by atoms with van der Waals surface area (Å²) in [5.74, 6) is -2.78. The number of carbonyl (C=O) groups excluding carboxylic acids is 1. The Balaban J connectivity index is 2.70. The number of halogens is 2. The van der Waals surface area contributed by atoms with E-state index in [0.717, 1.165) is 0 Å². The van der Waals surface area contributed by atoms with Crippen molar-refractivity contribution < 1.29 is 13.6 Å². The Labute approximate surface area is 109 Å². The molecular weight excluding hydrogens is 258 g/mol. The summed E-state index contributed by atoms with van der Waals surface area (Å²) < 4.78 is 24.4. The SMILES string of the molecule is CC(C)[C@H](N)C(=O)Nc1cccc(SC(F)F)c1. The number of alkyl halides is 2. The topological polar surface area (TPSA) is 55.1 Å². The van der Waals surface area contributed by atoms with Crippen molar-refractivity contribution in [3.05, 3.63) is 24.3 Å². The van der Waals surface area contributed by atoms with Crippen LogP contribution in [0.3, 0.4) is 0 Å². The van der Waals surface area contributed by atoms with Gasteiger partial charge in [0, 0.05) is 10.6 Å². The van der Waals surface area contributed by atoms with Gasteiger partial charge in [-0.1, -0.05) is 31.7 Å². The van der Waals surface area contributed by atoms with Gasteiger partial charge in [0.25, 0.3) is 5.76 Å². The highest BCUT2D eigenvalue weighted by molar-refractivity contribution is 7.99. The highest BCUT2D eigenvalue weighted by atomic mass is 32.2. The van der Waals surface area contributed by atoms with Crippen LogP contribution in [0.4, 0.5) is 14.5 Å². The van der Waals surface area contributed by atoms with E-state index in [1.807, 2.05) is 13.8 Å². The molecule has 100 valence electrons. The lowest BCUT2D eigenvalue weighted by Crippen LogP contribution is -2.39. The highest BCUT2D eigenvalue weighted by Crippen LogP contribution is 2.27. The molecule has 3 nitrogen and oxygen atoms in total. The zero-order valence-electron chi connectivity index (χ0n) is 10.2. The molecule has 0 aromatic heterocycles. The van der Waals surface area contributed by atoms with E-state index >= 15 is 0 Å². The van der Waals surface area contributed by atoms with Crippen molar-refractivity contribution in [2.45, 2.75) is 30.5 Å². The molecule has 0 saturated carbocycles. The Bertz CT molecular complexity index is 413. The number of hydrogen-bond donors (Lipinski definition) is 2. The second kappa shape index (κ2) is 6.70. The summed E-state index contributed by atoms with van der Waals surface area (Å²) in [5.41, 5.74) is 6.16. The number of hydrogen-bond acceptors (Lipinski definition) is 3. The van der Waals surface area contributed by atoms with Crippen molar-refractivity contribution in [1.29, 1.82) is 0 Å². The van der Waals surface area contributed by atoms with Gasteiger partial charge in [-0.3, -0.25) is 4.79 Å². The molecule has 1 aromatic carbocycles. The number of anilines is 1. The van der Waals surface area contributed by atoms with Crippen molar-refractivity contribution in [3.63, 3.8) is 0 Å². The second-order valence-electron chi connectivity index (χ2n) is 4.17. The third-order valence-electron chi connectivity index (χ3n) is 2.35. The molecule has 3 N–H and O–H groups in total. The normalized spacial score (nSPS) is 12.8. The minimum absolute atomic E-state index is 0.0172. The molecule has 0 saturated heterocycles. The first kappa shape index (κ1) is 14.9. The Kier molecular flexibility index (Phi) is 5.55. The molecule has 0 bridgehead atoms. The fourth-order valence-corrected chi connectivity index (χ4v) is 1.84. The van der Waals surface area contributed by atoms with Crippen LogP contribution < -0.4 is 11.1 Å². The lowest BCUT2D eigenvalue weighted by atomic mass is 10.1. The average Bonchev–Trinajstić information content (AvgIpc) is 2.27. The molecule has 1 atom stereocenters. The molecule has 0 heterocycles. The van der Waals surface area contributed by atoms with E-state index in [-0.39, 0.29) is 11.8 Å². The quantitative estimate of drug-likeness (QED) is 0.812. The lowest BCUT2D eigenvalue weighted by Gasteiger charge is -2.15. The van der Waals surface area contributed by atoms with Crippen molar-refractivity contribution in [2.75, 3.05) is 5.32 Å². The van der Waals surface area contributed by atoms with Gasteiger partial charge < -0.3 is 11.1 Å². The number of thioether (sulfide) groups is 1. The van der Waals surface area contributed by atoms with Crippen LogP contribution >= 0.6 is 11.8 Å². The number of nitrogens with two attached hydrogens (primary N) is 1. The molecule has 0 spiro atoms. The minimum Gasteiger partial charge on any atom is -0.325 e. The summed E-state index contributed by atoms with van der Waals surface area (Å²) in [6.45, 7) is 3.68. The number of carbonyl (C=O) groups is 1. The fourth-order valence-electron chi connectivity index (χ4n) is 1.28. The number of benzene rings is 1. The maximum absolute atomic E-state index is 12.2. The maximum atomic E-state index is 12.2. The van der Waals surface area contributed by atoms with E-state index in [2.05, 4.69) is 5.32 Å². The van der Waals surface area contributed by atoms with Crippen LogP contribution in [0, 0.1) is 5.92 Å². The van der Waals surface area contributed by atoms with Crippen molar-refractivity contribution in [2.24, 2.45) is 11.7 Å². The van der Waals surface area contributed by atoms with Crippen LogP contribution in [0.2, 0.25) is 0 Å². The molecule has 0 fully saturated rings. The summed E-state index contributed by atoms with van der Waals surface area (Å²) in [5, 5.41) is 2.61. The van der Waals surface area contributed by atoms with Crippen LogP contribution in [0.5, 0.6) is 0 Å². The highest BCUT2D eigenvalue weighted by Gasteiger charge is 2.17. The zero-order valence-corrected chi connectivity index (χ0v) is 11.0. The first-order valence-electron chi connectivity index (χ1n) is 5.51. The maximum Gasteiger partial charge on any atom is 0.288 e. The van der Waals surface area contributed by atoms with Crippen molar-refractivity contribution in [3.8, 4) is 0 Å². The van der Waals surface area contributed by atoms with Gasteiger partial charge in [-0.15, -0.1) is 0 Å². The van der Waals surface area contributed by atoms with Crippen molar-refractivity contribution in [1.82, 2.24) is 0 Å². The van der Waals surface area contributed by atoms with Gasteiger partial charge in [-0.25, -0.2) is 0 Å². The minimum atomic E-state index is -2.48. The summed E-state index contributed by atoms with van der Waals surface area (Å²) in [6.07, 6.45) is 0. The second-order valence-corrected chi connectivity index (χ2v) is 5.23. The summed E-state index contributed by atoms with van der Waals surface area (Å²) in [6, 6.07) is 5.70. The van der Waals surface area contributed by atoms with Gasteiger partial charge in [0.1, 0.15) is 0 Å².